The first-order chi connectivity index (χ1) is 16.7. The lowest BCUT2D eigenvalue weighted by molar-refractivity contribution is -0.117. The van der Waals surface area contributed by atoms with E-state index in [2.05, 4.69) is 10.2 Å². The number of para-hydroxylation sites is 2. The minimum Gasteiger partial charge on any atom is -0.454 e. The number of hydrogen-bond donors (Lipinski definition) is 0. The zero-order valence-electron chi connectivity index (χ0n) is 18.9. The Morgan fingerprint density at radius 1 is 1.00 bits per heavy atom. The van der Waals surface area contributed by atoms with Gasteiger partial charge in [-0.1, -0.05) is 48.2 Å². The maximum Gasteiger partial charge on any atom is 0.240 e. The first-order valence-electron chi connectivity index (χ1n) is 11.1. The molecule has 1 amide bonds. The number of rotatable bonds is 7. The Labute approximate surface area is 202 Å². The number of carbonyl (C=O) groups excluding carboxylic acids is 1. The van der Waals surface area contributed by atoms with Gasteiger partial charge in [0.2, 0.25) is 12.7 Å². The van der Waals surface area contributed by atoms with Gasteiger partial charge in [-0.3, -0.25) is 9.36 Å². The van der Waals surface area contributed by atoms with Crippen molar-refractivity contribution in [3.63, 3.8) is 0 Å². The molecule has 2 heterocycles. The summed E-state index contributed by atoms with van der Waals surface area (Å²) in [6.07, 6.45) is 0. The largest absolute Gasteiger partial charge is 0.454 e. The average Bonchev–Trinajstić information content (AvgIpc) is 3.52. The third-order valence-electron chi connectivity index (χ3n) is 5.56. The van der Waals surface area contributed by atoms with E-state index in [4.69, 9.17) is 9.47 Å². The molecule has 34 heavy (non-hydrogen) atoms. The van der Waals surface area contributed by atoms with Crippen molar-refractivity contribution in [3.8, 4) is 28.6 Å². The fourth-order valence-corrected chi connectivity index (χ4v) is 4.81. The zero-order valence-corrected chi connectivity index (χ0v) is 19.7. The number of ether oxygens (including phenoxy) is 2. The second-order valence-corrected chi connectivity index (χ2v) is 9.03. The minimum absolute atomic E-state index is 0.0194. The second-order valence-electron chi connectivity index (χ2n) is 7.72. The van der Waals surface area contributed by atoms with Crippen LogP contribution in [0.2, 0.25) is 0 Å². The van der Waals surface area contributed by atoms with Gasteiger partial charge in [0, 0.05) is 23.5 Å². The normalized spacial score (nSPS) is 13.0. The first kappa shape index (κ1) is 22.0. The van der Waals surface area contributed by atoms with Crippen LogP contribution in [-0.4, -0.2) is 39.3 Å². The summed E-state index contributed by atoms with van der Waals surface area (Å²) in [7, 11) is 0. The molecule has 0 aliphatic carbocycles. The van der Waals surface area contributed by atoms with Crippen molar-refractivity contribution in [2.75, 3.05) is 18.2 Å². The highest BCUT2D eigenvalue weighted by molar-refractivity contribution is 8.00. The van der Waals surface area contributed by atoms with E-state index >= 15 is 0 Å². The number of carbonyl (C=O) groups is 1. The lowest BCUT2D eigenvalue weighted by Gasteiger charge is -2.24. The summed E-state index contributed by atoms with van der Waals surface area (Å²) in [4.78, 5) is 15.1. The quantitative estimate of drug-likeness (QED) is 0.345. The molecule has 8 heteroatoms. The molecule has 0 fully saturated rings. The summed E-state index contributed by atoms with van der Waals surface area (Å²) in [6.45, 7) is 4.68. The number of thioether (sulfide) groups is 1. The molecule has 0 unspecified atom stereocenters. The molecule has 172 valence electrons. The molecule has 3 aromatic carbocycles. The van der Waals surface area contributed by atoms with Gasteiger partial charge < -0.3 is 14.4 Å². The lowest BCUT2D eigenvalue weighted by Crippen LogP contribution is -2.36. The summed E-state index contributed by atoms with van der Waals surface area (Å²) < 4.78 is 13.0. The van der Waals surface area contributed by atoms with E-state index in [-0.39, 0.29) is 18.0 Å². The van der Waals surface area contributed by atoms with Crippen LogP contribution in [0.4, 0.5) is 5.69 Å². The maximum absolute atomic E-state index is 13.3. The summed E-state index contributed by atoms with van der Waals surface area (Å²) in [5.74, 6) is 2.08. The number of aromatic nitrogens is 3. The van der Waals surface area contributed by atoms with Crippen molar-refractivity contribution in [1.29, 1.82) is 0 Å². The molecule has 0 saturated carbocycles. The van der Waals surface area contributed by atoms with Gasteiger partial charge in [-0.15, -0.1) is 10.2 Å². The van der Waals surface area contributed by atoms with Crippen LogP contribution >= 0.6 is 11.8 Å². The van der Waals surface area contributed by atoms with E-state index in [9.17, 15) is 4.79 Å². The van der Waals surface area contributed by atoms with Crippen LogP contribution in [0.15, 0.2) is 84.0 Å². The van der Waals surface area contributed by atoms with Crippen molar-refractivity contribution < 1.29 is 14.3 Å². The van der Waals surface area contributed by atoms with E-state index in [0.29, 0.717) is 29.0 Å². The van der Waals surface area contributed by atoms with Gasteiger partial charge in [0.05, 0.1) is 5.25 Å². The lowest BCUT2D eigenvalue weighted by atomic mass is 10.2. The molecule has 0 saturated heterocycles. The standard InChI is InChI=1S/C26H24N4O3S/c1-3-29(20-10-6-4-7-11-20)25(31)18(2)34-26-28-27-24(30(26)21-12-8-5-9-13-21)19-14-15-22-23(16-19)33-17-32-22/h4-16,18H,3,17H2,1-2H3/t18-/m1/s1. The van der Waals surface area contributed by atoms with Crippen molar-refractivity contribution in [2.45, 2.75) is 24.3 Å². The maximum atomic E-state index is 13.3. The smallest absolute Gasteiger partial charge is 0.240 e. The molecular formula is C26H24N4O3S. The summed E-state index contributed by atoms with van der Waals surface area (Å²) in [5.41, 5.74) is 2.65. The van der Waals surface area contributed by atoms with E-state index in [0.717, 1.165) is 16.9 Å². The highest BCUT2D eigenvalue weighted by Crippen LogP contribution is 2.37. The van der Waals surface area contributed by atoms with Crippen molar-refractivity contribution in [3.05, 3.63) is 78.9 Å². The van der Waals surface area contributed by atoms with Gasteiger partial charge in [-0.25, -0.2) is 0 Å². The Bertz CT molecular complexity index is 1290. The molecule has 0 N–H and O–H groups in total. The van der Waals surface area contributed by atoms with Crippen LogP contribution in [-0.2, 0) is 4.79 Å². The molecule has 0 radical (unpaired) electrons. The molecule has 1 aliphatic heterocycles. The fourth-order valence-electron chi connectivity index (χ4n) is 3.88. The molecule has 7 nitrogen and oxygen atoms in total. The Kier molecular flexibility index (Phi) is 6.22. The Hall–Kier alpha value is -3.78. The van der Waals surface area contributed by atoms with Gasteiger partial charge in [0.1, 0.15) is 0 Å². The van der Waals surface area contributed by atoms with Gasteiger partial charge in [-0.05, 0) is 56.3 Å². The van der Waals surface area contributed by atoms with Crippen LogP contribution < -0.4 is 14.4 Å². The number of amides is 1. The zero-order chi connectivity index (χ0) is 23.5. The molecule has 0 spiro atoms. The molecule has 0 bridgehead atoms. The average molecular weight is 473 g/mol. The number of nitrogens with zero attached hydrogens (tertiary/aromatic N) is 4. The molecule has 1 aliphatic rings. The van der Waals surface area contributed by atoms with Crippen LogP contribution in [0.3, 0.4) is 0 Å². The molecular weight excluding hydrogens is 448 g/mol. The van der Waals surface area contributed by atoms with Gasteiger partial charge in [0.25, 0.3) is 0 Å². The van der Waals surface area contributed by atoms with E-state index in [1.165, 1.54) is 11.8 Å². The van der Waals surface area contributed by atoms with E-state index < -0.39 is 0 Å². The monoisotopic (exact) mass is 472 g/mol. The fraction of sp³-hybridized carbons (Fsp3) is 0.192. The predicted octanol–water partition coefficient (Wildman–Crippen LogP) is 5.20. The van der Waals surface area contributed by atoms with Crippen LogP contribution in [0.1, 0.15) is 13.8 Å². The molecule has 4 aromatic rings. The summed E-state index contributed by atoms with van der Waals surface area (Å²) in [5, 5.41) is 9.25. The van der Waals surface area contributed by atoms with Gasteiger partial charge in [-0.2, -0.15) is 0 Å². The molecule has 1 atom stereocenters. The predicted molar refractivity (Wildman–Crippen MR) is 133 cm³/mol. The van der Waals surface area contributed by atoms with Gasteiger partial charge in [0.15, 0.2) is 22.5 Å². The second kappa shape index (κ2) is 9.61. The Balaban J connectivity index is 1.49. The van der Waals surface area contributed by atoms with E-state index in [1.54, 1.807) is 4.90 Å². The topological polar surface area (TPSA) is 69.5 Å². The Morgan fingerprint density at radius 3 is 2.44 bits per heavy atom. The van der Waals surface area contributed by atoms with Crippen LogP contribution in [0.5, 0.6) is 11.5 Å². The Morgan fingerprint density at radius 2 is 1.71 bits per heavy atom. The van der Waals surface area contributed by atoms with Crippen molar-refractivity contribution in [2.24, 2.45) is 0 Å². The highest BCUT2D eigenvalue weighted by atomic mass is 32.2. The highest BCUT2D eigenvalue weighted by Gasteiger charge is 2.26. The SMILES string of the molecule is CCN(C(=O)[C@@H](C)Sc1nnc(-c2ccc3c(c2)OCO3)n1-c1ccccc1)c1ccccc1. The van der Waals surface area contributed by atoms with Crippen LogP contribution in [0, 0.1) is 0 Å². The third kappa shape index (κ3) is 4.24. The number of fused-ring (bicyclic) bond motifs is 1. The summed E-state index contributed by atoms with van der Waals surface area (Å²) in [6, 6.07) is 25.3. The van der Waals surface area contributed by atoms with E-state index in [1.807, 2.05) is 97.3 Å². The summed E-state index contributed by atoms with van der Waals surface area (Å²) >= 11 is 1.39. The number of anilines is 1. The third-order valence-corrected chi connectivity index (χ3v) is 6.59. The van der Waals surface area contributed by atoms with Crippen molar-refractivity contribution in [1.82, 2.24) is 14.8 Å². The van der Waals surface area contributed by atoms with Crippen molar-refractivity contribution >= 4 is 23.4 Å². The molecule has 5 rings (SSSR count). The van der Waals surface area contributed by atoms with Gasteiger partial charge >= 0.3 is 0 Å². The first-order valence-corrected chi connectivity index (χ1v) is 12.0. The van der Waals surface area contributed by atoms with Crippen LogP contribution in [0.25, 0.3) is 17.1 Å². The minimum atomic E-state index is -0.364. The number of benzene rings is 3. The number of hydrogen-bond acceptors (Lipinski definition) is 6. The molecule has 1 aromatic heterocycles.